The van der Waals surface area contributed by atoms with Crippen molar-refractivity contribution in [3.63, 3.8) is 0 Å². The molecule has 1 aliphatic carbocycles. The lowest BCUT2D eigenvalue weighted by Gasteiger charge is -2.29. The van der Waals surface area contributed by atoms with Gasteiger partial charge in [0.2, 0.25) is 11.8 Å². The Morgan fingerprint density at radius 1 is 0.976 bits per heavy atom. The van der Waals surface area contributed by atoms with Crippen LogP contribution >= 0.6 is 0 Å². The fourth-order valence-electron chi connectivity index (χ4n) is 7.05. The second kappa shape index (κ2) is 11.1. The number of methoxy groups -OCH3 is 1. The van der Waals surface area contributed by atoms with Gasteiger partial charge in [-0.1, -0.05) is 12.1 Å². The summed E-state index contributed by atoms with van der Waals surface area (Å²) in [6.07, 6.45) is 5.25. The molecule has 9 nitrogen and oxygen atoms in total. The van der Waals surface area contributed by atoms with Gasteiger partial charge in [-0.25, -0.2) is 0 Å². The molecule has 3 aliphatic heterocycles. The highest BCUT2D eigenvalue weighted by molar-refractivity contribution is 6.05. The van der Waals surface area contributed by atoms with E-state index < -0.39 is 11.9 Å². The fourth-order valence-corrected chi connectivity index (χ4v) is 7.05. The smallest absolute Gasteiger partial charge is 0.255 e. The number of carbonyl (C=O) groups excluding carboxylic acids is 3. The Morgan fingerprint density at radius 2 is 1.88 bits per heavy atom. The summed E-state index contributed by atoms with van der Waals surface area (Å²) in [5.74, 6) is 0.375. The largest absolute Gasteiger partial charge is 0.489 e. The Morgan fingerprint density at radius 3 is 2.71 bits per heavy atom. The molecule has 2 aromatic carbocycles. The van der Waals surface area contributed by atoms with Gasteiger partial charge in [0.15, 0.2) is 0 Å². The Kier molecular flexibility index (Phi) is 7.15. The zero-order valence-corrected chi connectivity index (χ0v) is 23.9. The number of ether oxygens (including phenoxy) is 2. The van der Waals surface area contributed by atoms with Crippen LogP contribution in [0.25, 0.3) is 10.9 Å². The molecule has 1 aromatic heterocycles. The van der Waals surface area contributed by atoms with Crippen LogP contribution in [-0.4, -0.2) is 71.0 Å². The maximum atomic E-state index is 13.0. The van der Waals surface area contributed by atoms with E-state index in [4.69, 9.17) is 14.5 Å². The zero-order valence-electron chi connectivity index (χ0n) is 23.9. The third-order valence-electron chi connectivity index (χ3n) is 9.34. The highest BCUT2D eigenvalue weighted by Gasteiger charge is 2.39. The lowest BCUT2D eigenvalue weighted by molar-refractivity contribution is -0.136. The maximum absolute atomic E-state index is 13.0. The number of amides is 3. The molecule has 1 N–H and O–H groups in total. The number of hydrogen-bond donors (Lipinski definition) is 1. The normalized spacial score (nSPS) is 26.2. The Hall–Kier alpha value is -3.82. The van der Waals surface area contributed by atoms with E-state index in [2.05, 4.69) is 40.5 Å². The number of nitrogens with zero attached hydrogens (tertiary/aromatic N) is 3. The standard InChI is InChI=1S/C33H36N4O5/c1-41-24-5-3-22(15-24)29-9-4-21-14-20(2-8-28(21)34-29)17-36-13-12-26(19-36)42-25-6-7-27-23(16-25)18-37(33(27)40)30-10-11-31(38)35-32(30)39/h2,4,6-9,14,16,22,24,26,30H,3,5,10-13,15,17-19H2,1H3,(H,35,38,39)/t22-,24-,26+,30?/m1/s1. The van der Waals surface area contributed by atoms with Gasteiger partial charge < -0.3 is 14.4 Å². The Labute approximate surface area is 245 Å². The minimum absolute atomic E-state index is 0.0680. The van der Waals surface area contributed by atoms with Gasteiger partial charge in [0.05, 0.1) is 11.6 Å². The highest BCUT2D eigenvalue weighted by Crippen LogP contribution is 2.36. The number of piperidine rings is 1. The first kappa shape index (κ1) is 27.0. The first-order valence-corrected chi connectivity index (χ1v) is 15.0. The van der Waals surface area contributed by atoms with Crippen LogP contribution < -0.4 is 10.1 Å². The van der Waals surface area contributed by atoms with Crippen LogP contribution in [0.3, 0.4) is 0 Å². The molecular weight excluding hydrogens is 532 g/mol. The molecule has 0 bridgehead atoms. The summed E-state index contributed by atoms with van der Waals surface area (Å²) in [4.78, 5) is 45.8. The van der Waals surface area contributed by atoms with Crippen LogP contribution in [0.5, 0.6) is 5.75 Å². The molecule has 4 aliphatic rings. The molecule has 4 heterocycles. The van der Waals surface area contributed by atoms with Gasteiger partial charge in [-0.15, -0.1) is 0 Å². The van der Waals surface area contributed by atoms with Gasteiger partial charge in [0, 0.05) is 62.3 Å². The number of hydrogen-bond acceptors (Lipinski definition) is 7. The lowest BCUT2D eigenvalue weighted by atomic mass is 10.0. The maximum Gasteiger partial charge on any atom is 0.255 e. The van der Waals surface area contributed by atoms with E-state index in [-0.39, 0.29) is 24.3 Å². The van der Waals surface area contributed by atoms with E-state index in [0.717, 1.165) is 62.1 Å². The van der Waals surface area contributed by atoms with Gasteiger partial charge in [0.1, 0.15) is 17.9 Å². The van der Waals surface area contributed by atoms with Gasteiger partial charge in [-0.2, -0.15) is 0 Å². The van der Waals surface area contributed by atoms with Gasteiger partial charge >= 0.3 is 0 Å². The second-order valence-electron chi connectivity index (χ2n) is 12.1. The molecule has 218 valence electrons. The SMILES string of the molecule is CO[C@@H]1CC[C@@H](c2ccc3cc(CN4CC[C@H](Oc5ccc6c(c5)CN(C5CCC(=O)NC5=O)C6=O)C4)ccc3n2)C1. The topological polar surface area (TPSA) is 101 Å². The van der Waals surface area contributed by atoms with Crippen molar-refractivity contribution < 1.29 is 23.9 Å². The summed E-state index contributed by atoms with van der Waals surface area (Å²) in [5.41, 5.74) is 4.94. The molecule has 1 saturated carbocycles. The number of rotatable bonds is 7. The molecule has 3 fully saturated rings. The monoisotopic (exact) mass is 568 g/mol. The second-order valence-corrected chi connectivity index (χ2v) is 12.1. The minimum atomic E-state index is -0.612. The predicted octanol–water partition coefficient (Wildman–Crippen LogP) is 3.93. The van der Waals surface area contributed by atoms with E-state index in [0.29, 0.717) is 30.6 Å². The molecule has 7 rings (SSSR count). The molecule has 9 heteroatoms. The highest BCUT2D eigenvalue weighted by atomic mass is 16.5. The lowest BCUT2D eigenvalue weighted by Crippen LogP contribution is -2.52. The van der Waals surface area contributed by atoms with E-state index in [9.17, 15) is 14.4 Å². The van der Waals surface area contributed by atoms with Crippen molar-refractivity contribution in [2.75, 3.05) is 20.2 Å². The number of fused-ring (bicyclic) bond motifs is 2. The molecule has 4 atom stereocenters. The van der Waals surface area contributed by atoms with Gasteiger partial charge in [-0.05, 0) is 79.6 Å². The van der Waals surface area contributed by atoms with E-state index >= 15 is 0 Å². The van der Waals surface area contributed by atoms with Gasteiger partial charge in [0.25, 0.3) is 5.91 Å². The van der Waals surface area contributed by atoms with Crippen molar-refractivity contribution in [1.82, 2.24) is 20.1 Å². The molecule has 0 spiro atoms. The summed E-state index contributed by atoms with van der Waals surface area (Å²) in [6.45, 7) is 2.99. The third-order valence-corrected chi connectivity index (χ3v) is 9.34. The number of nitrogens with one attached hydrogen (secondary N) is 1. The minimum Gasteiger partial charge on any atom is -0.489 e. The number of carbonyl (C=O) groups is 3. The van der Waals surface area contributed by atoms with Crippen LogP contribution in [0.15, 0.2) is 48.5 Å². The first-order valence-electron chi connectivity index (χ1n) is 15.0. The Balaban J connectivity index is 0.954. The molecule has 42 heavy (non-hydrogen) atoms. The van der Waals surface area contributed by atoms with Crippen LogP contribution in [0.4, 0.5) is 0 Å². The average molecular weight is 569 g/mol. The summed E-state index contributed by atoms with van der Waals surface area (Å²) < 4.78 is 11.9. The summed E-state index contributed by atoms with van der Waals surface area (Å²) in [5, 5.41) is 3.52. The van der Waals surface area contributed by atoms with E-state index in [1.807, 2.05) is 12.1 Å². The molecule has 1 unspecified atom stereocenters. The molecule has 2 saturated heterocycles. The third kappa shape index (κ3) is 5.27. The predicted molar refractivity (Wildman–Crippen MR) is 156 cm³/mol. The fraction of sp³-hybridized carbons (Fsp3) is 0.455. The van der Waals surface area contributed by atoms with Gasteiger partial charge in [-0.3, -0.25) is 29.6 Å². The summed E-state index contributed by atoms with van der Waals surface area (Å²) >= 11 is 0. The summed E-state index contributed by atoms with van der Waals surface area (Å²) in [6, 6.07) is 15.9. The molecule has 3 amide bonds. The van der Waals surface area contributed by atoms with Crippen LogP contribution in [-0.2, 0) is 27.4 Å². The number of aromatic nitrogens is 1. The number of likely N-dealkylation sites (tertiary alicyclic amines) is 1. The number of imide groups is 1. The van der Waals surface area contributed by atoms with Crippen molar-refractivity contribution in [3.05, 3.63) is 70.9 Å². The van der Waals surface area contributed by atoms with Crippen LogP contribution in [0.1, 0.15) is 71.6 Å². The van der Waals surface area contributed by atoms with Crippen LogP contribution in [0.2, 0.25) is 0 Å². The molecular formula is C33H36N4O5. The van der Waals surface area contributed by atoms with Crippen molar-refractivity contribution in [1.29, 1.82) is 0 Å². The van der Waals surface area contributed by atoms with Crippen molar-refractivity contribution >= 4 is 28.6 Å². The zero-order chi connectivity index (χ0) is 28.8. The molecule has 3 aromatic rings. The quantitative estimate of drug-likeness (QED) is 0.431. The van der Waals surface area contributed by atoms with Crippen molar-refractivity contribution in [2.45, 2.75) is 75.8 Å². The first-order chi connectivity index (χ1) is 20.4. The van der Waals surface area contributed by atoms with Crippen molar-refractivity contribution in [3.8, 4) is 5.75 Å². The Bertz CT molecular complexity index is 1560. The molecule has 0 radical (unpaired) electrons. The number of pyridine rings is 1. The van der Waals surface area contributed by atoms with Crippen molar-refractivity contribution in [2.24, 2.45) is 0 Å². The van der Waals surface area contributed by atoms with E-state index in [1.165, 1.54) is 16.6 Å². The van der Waals surface area contributed by atoms with Crippen LogP contribution in [0, 0.1) is 0 Å². The van der Waals surface area contributed by atoms with E-state index in [1.54, 1.807) is 18.1 Å². The average Bonchev–Trinajstić information content (AvgIpc) is 3.72. The summed E-state index contributed by atoms with van der Waals surface area (Å²) in [7, 11) is 1.80. The number of benzene rings is 2.